The summed E-state index contributed by atoms with van der Waals surface area (Å²) in [6.45, 7) is 0. The molecular formula is C45H27N3S2. The average molecular weight is 674 g/mol. The topological polar surface area (TPSA) is 38.7 Å². The van der Waals surface area contributed by atoms with E-state index in [1.165, 1.54) is 57.0 Å². The molecule has 0 aliphatic heterocycles. The summed E-state index contributed by atoms with van der Waals surface area (Å²) in [5.74, 6) is 1.98. The van der Waals surface area contributed by atoms with E-state index in [9.17, 15) is 0 Å². The Labute approximate surface area is 296 Å². The van der Waals surface area contributed by atoms with Crippen LogP contribution in [0.25, 0.3) is 96.8 Å². The minimum absolute atomic E-state index is 0.658. The zero-order valence-corrected chi connectivity index (χ0v) is 28.4. The number of benzene rings is 7. The summed E-state index contributed by atoms with van der Waals surface area (Å²) in [6, 6.07) is 58.0. The predicted octanol–water partition coefficient (Wildman–Crippen LogP) is 12.9. The third-order valence-electron chi connectivity index (χ3n) is 9.36. The third-order valence-corrected chi connectivity index (χ3v) is 11.6. The fraction of sp³-hybridized carbons (Fsp3) is 0. The molecule has 0 bridgehead atoms. The van der Waals surface area contributed by atoms with E-state index in [-0.39, 0.29) is 0 Å². The lowest BCUT2D eigenvalue weighted by molar-refractivity contribution is 1.07. The summed E-state index contributed by atoms with van der Waals surface area (Å²) >= 11 is 3.68. The van der Waals surface area contributed by atoms with Crippen molar-refractivity contribution in [1.29, 1.82) is 0 Å². The van der Waals surface area contributed by atoms with Crippen molar-refractivity contribution in [3.63, 3.8) is 0 Å². The zero-order valence-electron chi connectivity index (χ0n) is 26.7. The maximum Gasteiger partial charge on any atom is 0.164 e. The van der Waals surface area contributed by atoms with Gasteiger partial charge in [-0.3, -0.25) is 0 Å². The van der Waals surface area contributed by atoms with Gasteiger partial charge in [-0.25, -0.2) is 15.0 Å². The van der Waals surface area contributed by atoms with Crippen LogP contribution in [0, 0.1) is 0 Å². The molecule has 10 aromatic rings. The first-order valence-corrected chi connectivity index (χ1v) is 18.2. The van der Waals surface area contributed by atoms with Crippen LogP contribution in [0.4, 0.5) is 0 Å². The van der Waals surface area contributed by atoms with E-state index in [1.54, 1.807) is 0 Å². The van der Waals surface area contributed by atoms with Crippen molar-refractivity contribution in [3.8, 4) is 56.4 Å². The fourth-order valence-corrected chi connectivity index (χ4v) is 9.12. The van der Waals surface area contributed by atoms with Gasteiger partial charge in [0.05, 0.1) is 0 Å². The summed E-state index contributed by atoms with van der Waals surface area (Å²) in [7, 11) is 0. The molecular weight excluding hydrogens is 647 g/mol. The van der Waals surface area contributed by atoms with Gasteiger partial charge >= 0.3 is 0 Å². The lowest BCUT2D eigenvalue weighted by Gasteiger charge is -2.09. The van der Waals surface area contributed by atoms with E-state index in [0.29, 0.717) is 17.5 Å². The molecule has 0 spiro atoms. The molecule has 7 aromatic carbocycles. The van der Waals surface area contributed by atoms with Crippen LogP contribution < -0.4 is 0 Å². The summed E-state index contributed by atoms with van der Waals surface area (Å²) in [4.78, 5) is 15.0. The largest absolute Gasteiger partial charge is 0.208 e. The van der Waals surface area contributed by atoms with Gasteiger partial charge in [0.1, 0.15) is 0 Å². The quantitative estimate of drug-likeness (QED) is 0.182. The van der Waals surface area contributed by atoms with Crippen LogP contribution >= 0.6 is 22.7 Å². The van der Waals surface area contributed by atoms with Gasteiger partial charge in [-0.1, -0.05) is 140 Å². The highest BCUT2D eigenvalue weighted by Gasteiger charge is 2.15. The monoisotopic (exact) mass is 673 g/mol. The summed E-state index contributed by atoms with van der Waals surface area (Å²) < 4.78 is 5.14. The van der Waals surface area contributed by atoms with Crippen molar-refractivity contribution in [2.45, 2.75) is 0 Å². The Balaban J connectivity index is 1.04. The smallest absolute Gasteiger partial charge is 0.164 e. The van der Waals surface area contributed by atoms with Crippen LogP contribution in [0.3, 0.4) is 0 Å². The Bertz CT molecular complexity index is 2850. The molecule has 3 heterocycles. The highest BCUT2D eigenvalue weighted by Crippen LogP contribution is 2.40. The highest BCUT2D eigenvalue weighted by atomic mass is 32.1. The fourth-order valence-electron chi connectivity index (χ4n) is 6.79. The second-order valence-corrected chi connectivity index (χ2v) is 14.6. The standard InChI is InChI=1S/C45H27N3S2/c1-3-9-28(10-4-1)29-15-17-31(18-16-29)44-46-43(30-11-5-2-6-12-30)47-45(48-44)34-21-24-38-37-23-20-33(26-41(37)50-42(38)27-34)32-19-22-36-35-13-7-8-14-39(35)49-40(36)25-32/h1-27H. The second kappa shape index (κ2) is 11.8. The number of thiophene rings is 2. The highest BCUT2D eigenvalue weighted by molar-refractivity contribution is 7.26. The van der Waals surface area contributed by atoms with Gasteiger partial charge < -0.3 is 0 Å². The molecule has 50 heavy (non-hydrogen) atoms. The lowest BCUT2D eigenvalue weighted by atomic mass is 10.0. The predicted molar refractivity (Wildman–Crippen MR) is 213 cm³/mol. The molecule has 234 valence electrons. The van der Waals surface area contributed by atoms with Gasteiger partial charge in [0.2, 0.25) is 0 Å². The molecule has 3 nitrogen and oxygen atoms in total. The summed E-state index contributed by atoms with van der Waals surface area (Å²) in [6.07, 6.45) is 0. The molecule has 0 saturated heterocycles. The number of aromatic nitrogens is 3. The minimum Gasteiger partial charge on any atom is -0.208 e. The van der Waals surface area contributed by atoms with Crippen molar-refractivity contribution >= 4 is 63.0 Å². The van der Waals surface area contributed by atoms with Gasteiger partial charge in [0.15, 0.2) is 17.5 Å². The first-order valence-electron chi connectivity index (χ1n) is 16.6. The van der Waals surface area contributed by atoms with E-state index in [0.717, 1.165) is 22.3 Å². The van der Waals surface area contributed by atoms with Gasteiger partial charge in [0, 0.05) is 57.0 Å². The van der Waals surface area contributed by atoms with Gasteiger partial charge in [-0.05, 0) is 46.5 Å². The summed E-state index contributed by atoms with van der Waals surface area (Å²) in [5, 5.41) is 5.17. The van der Waals surface area contributed by atoms with Crippen LogP contribution in [0.1, 0.15) is 0 Å². The zero-order chi connectivity index (χ0) is 33.0. The molecule has 10 rings (SSSR count). The molecule has 0 aliphatic rings. The van der Waals surface area contributed by atoms with Gasteiger partial charge in [-0.2, -0.15) is 0 Å². The molecule has 0 atom stereocenters. The van der Waals surface area contributed by atoms with Gasteiger partial charge in [0.25, 0.3) is 0 Å². The Kier molecular flexibility index (Phi) is 6.86. The van der Waals surface area contributed by atoms with Crippen molar-refractivity contribution in [3.05, 3.63) is 164 Å². The Hall–Kier alpha value is -6.01. The van der Waals surface area contributed by atoms with E-state index in [2.05, 4.69) is 127 Å². The number of fused-ring (bicyclic) bond motifs is 6. The van der Waals surface area contributed by atoms with E-state index in [1.807, 2.05) is 59.1 Å². The van der Waals surface area contributed by atoms with Crippen molar-refractivity contribution in [2.75, 3.05) is 0 Å². The SMILES string of the molecule is c1ccc(-c2ccc(-c3nc(-c4ccccc4)nc(-c4ccc5c(c4)sc4cc(-c6ccc7c(c6)sc6ccccc67)ccc45)n3)cc2)cc1. The molecule has 0 N–H and O–H groups in total. The molecule has 5 heteroatoms. The van der Waals surface area contributed by atoms with Crippen LogP contribution in [0.15, 0.2) is 164 Å². The molecule has 0 amide bonds. The van der Waals surface area contributed by atoms with Crippen LogP contribution in [0.2, 0.25) is 0 Å². The Morgan fingerprint density at radius 2 is 0.620 bits per heavy atom. The first kappa shape index (κ1) is 29.0. The molecule has 0 aliphatic carbocycles. The normalized spacial score (nSPS) is 11.6. The van der Waals surface area contributed by atoms with Crippen LogP contribution in [0.5, 0.6) is 0 Å². The van der Waals surface area contributed by atoms with E-state index >= 15 is 0 Å². The second-order valence-electron chi connectivity index (χ2n) is 12.4. The summed E-state index contributed by atoms with van der Waals surface area (Å²) in [5.41, 5.74) is 7.70. The van der Waals surface area contributed by atoms with Crippen LogP contribution in [-0.4, -0.2) is 15.0 Å². The number of rotatable bonds is 5. The van der Waals surface area contributed by atoms with E-state index < -0.39 is 0 Å². The maximum atomic E-state index is 5.04. The van der Waals surface area contributed by atoms with Crippen molar-refractivity contribution < 1.29 is 0 Å². The first-order chi connectivity index (χ1) is 24.7. The molecule has 0 fully saturated rings. The number of hydrogen-bond donors (Lipinski definition) is 0. The minimum atomic E-state index is 0.658. The molecule has 3 aromatic heterocycles. The molecule has 0 unspecified atom stereocenters. The van der Waals surface area contributed by atoms with E-state index in [4.69, 9.17) is 15.0 Å². The van der Waals surface area contributed by atoms with Crippen molar-refractivity contribution in [2.24, 2.45) is 0 Å². The van der Waals surface area contributed by atoms with Gasteiger partial charge in [-0.15, -0.1) is 22.7 Å². The Morgan fingerprint density at radius 1 is 0.260 bits per heavy atom. The third kappa shape index (κ3) is 5.07. The molecule has 0 saturated carbocycles. The maximum absolute atomic E-state index is 5.04. The molecule has 0 radical (unpaired) electrons. The number of nitrogens with zero attached hydrogens (tertiary/aromatic N) is 3. The Morgan fingerprint density at radius 3 is 1.22 bits per heavy atom. The average Bonchev–Trinajstić information content (AvgIpc) is 3.75. The lowest BCUT2D eigenvalue weighted by Crippen LogP contribution is -2.00. The van der Waals surface area contributed by atoms with Crippen LogP contribution in [-0.2, 0) is 0 Å². The number of hydrogen-bond acceptors (Lipinski definition) is 5. The van der Waals surface area contributed by atoms with Crippen molar-refractivity contribution in [1.82, 2.24) is 15.0 Å².